The van der Waals surface area contributed by atoms with Gasteiger partial charge in [-0.15, -0.1) is 11.3 Å². The van der Waals surface area contributed by atoms with Crippen LogP contribution in [0.2, 0.25) is 0 Å². The lowest BCUT2D eigenvalue weighted by Crippen LogP contribution is -2.48. The summed E-state index contributed by atoms with van der Waals surface area (Å²) in [6, 6.07) is 3.80. The fourth-order valence-electron chi connectivity index (χ4n) is 1.70. The molecule has 6 heteroatoms. The Balaban J connectivity index is 1.93. The average molecular weight is 255 g/mol. The van der Waals surface area contributed by atoms with Crippen LogP contribution in [-0.2, 0) is 20.7 Å². The molecule has 1 aliphatic heterocycles. The highest BCUT2D eigenvalue weighted by Crippen LogP contribution is 2.13. The van der Waals surface area contributed by atoms with Crippen LogP contribution in [0.4, 0.5) is 0 Å². The van der Waals surface area contributed by atoms with Gasteiger partial charge in [-0.05, 0) is 11.4 Å². The Morgan fingerprint density at radius 3 is 3.06 bits per heavy atom. The summed E-state index contributed by atoms with van der Waals surface area (Å²) >= 11 is 1.53. The monoisotopic (exact) mass is 255 g/mol. The van der Waals surface area contributed by atoms with Crippen LogP contribution in [0.25, 0.3) is 0 Å². The zero-order chi connectivity index (χ0) is 12.3. The van der Waals surface area contributed by atoms with Gasteiger partial charge in [0.1, 0.15) is 0 Å². The quantitative estimate of drug-likeness (QED) is 0.859. The fraction of sp³-hybridized carbons (Fsp3) is 0.455. The molecule has 1 aromatic rings. The highest BCUT2D eigenvalue weighted by atomic mass is 32.1. The minimum absolute atomic E-state index is 0.0398. The number of morpholine rings is 1. The summed E-state index contributed by atoms with van der Waals surface area (Å²) in [6.07, 6.45) is -0.555. The van der Waals surface area contributed by atoms with Gasteiger partial charge in [-0.1, -0.05) is 6.07 Å². The SMILES string of the molecule is O=C(O)[C@@H]1CN(C(=O)Cc2cccs2)CCO1. The summed E-state index contributed by atoms with van der Waals surface area (Å²) < 4.78 is 5.06. The van der Waals surface area contributed by atoms with Crippen LogP contribution in [0.3, 0.4) is 0 Å². The maximum absolute atomic E-state index is 11.9. The average Bonchev–Trinajstić information content (AvgIpc) is 2.82. The molecule has 1 aromatic heterocycles. The van der Waals surface area contributed by atoms with Crippen LogP contribution in [-0.4, -0.2) is 47.7 Å². The second kappa shape index (κ2) is 5.29. The van der Waals surface area contributed by atoms with Gasteiger partial charge in [0.25, 0.3) is 0 Å². The molecule has 2 rings (SSSR count). The van der Waals surface area contributed by atoms with Crippen molar-refractivity contribution in [3.8, 4) is 0 Å². The first-order valence-electron chi connectivity index (χ1n) is 5.31. The fourth-order valence-corrected chi connectivity index (χ4v) is 2.40. The molecule has 1 aliphatic rings. The predicted octanol–water partition coefficient (Wildman–Crippen LogP) is 0.603. The van der Waals surface area contributed by atoms with E-state index < -0.39 is 12.1 Å². The smallest absolute Gasteiger partial charge is 0.334 e. The van der Waals surface area contributed by atoms with Gasteiger partial charge in [0, 0.05) is 11.4 Å². The molecule has 17 heavy (non-hydrogen) atoms. The van der Waals surface area contributed by atoms with Crippen LogP contribution in [0.5, 0.6) is 0 Å². The lowest BCUT2D eigenvalue weighted by molar-refractivity contribution is -0.159. The van der Waals surface area contributed by atoms with Crippen molar-refractivity contribution >= 4 is 23.2 Å². The van der Waals surface area contributed by atoms with Gasteiger partial charge >= 0.3 is 5.97 Å². The van der Waals surface area contributed by atoms with Crippen molar-refractivity contribution in [1.82, 2.24) is 4.90 Å². The molecular formula is C11H13NO4S. The Morgan fingerprint density at radius 2 is 2.41 bits per heavy atom. The zero-order valence-corrected chi connectivity index (χ0v) is 9.98. The number of carbonyl (C=O) groups excluding carboxylic acids is 1. The molecule has 92 valence electrons. The Kier molecular flexibility index (Phi) is 3.75. The van der Waals surface area contributed by atoms with E-state index in [9.17, 15) is 9.59 Å². The molecule has 0 spiro atoms. The van der Waals surface area contributed by atoms with Gasteiger partial charge in [-0.2, -0.15) is 0 Å². The topological polar surface area (TPSA) is 66.8 Å². The van der Waals surface area contributed by atoms with Crippen molar-refractivity contribution in [3.63, 3.8) is 0 Å². The van der Waals surface area contributed by atoms with Gasteiger partial charge in [0.05, 0.1) is 19.6 Å². The number of thiophene rings is 1. The largest absolute Gasteiger partial charge is 0.479 e. The summed E-state index contributed by atoms with van der Waals surface area (Å²) in [4.78, 5) is 25.2. The minimum atomic E-state index is -1.02. The maximum Gasteiger partial charge on any atom is 0.334 e. The Bertz CT molecular complexity index is 404. The molecule has 1 saturated heterocycles. The molecule has 5 nitrogen and oxygen atoms in total. The van der Waals surface area contributed by atoms with Crippen molar-refractivity contribution < 1.29 is 19.4 Å². The van der Waals surface area contributed by atoms with Crippen LogP contribution in [0.1, 0.15) is 4.88 Å². The number of aliphatic carboxylic acids is 1. The van der Waals surface area contributed by atoms with Crippen LogP contribution < -0.4 is 0 Å². The van der Waals surface area contributed by atoms with E-state index in [4.69, 9.17) is 9.84 Å². The number of hydrogen-bond donors (Lipinski definition) is 1. The zero-order valence-electron chi connectivity index (χ0n) is 9.17. The second-order valence-corrected chi connectivity index (χ2v) is 4.83. The molecule has 2 heterocycles. The van der Waals surface area contributed by atoms with E-state index in [0.29, 0.717) is 13.0 Å². The lowest BCUT2D eigenvalue weighted by atomic mass is 10.2. The summed E-state index contributed by atoms with van der Waals surface area (Å²) in [7, 11) is 0. The molecule has 0 radical (unpaired) electrons. The van der Waals surface area contributed by atoms with Crippen molar-refractivity contribution in [2.24, 2.45) is 0 Å². The highest BCUT2D eigenvalue weighted by Gasteiger charge is 2.28. The summed E-state index contributed by atoms with van der Waals surface area (Å²) in [6.45, 7) is 0.890. The van der Waals surface area contributed by atoms with Crippen molar-refractivity contribution in [2.45, 2.75) is 12.5 Å². The predicted molar refractivity (Wildman–Crippen MR) is 62.0 cm³/mol. The summed E-state index contributed by atoms with van der Waals surface area (Å²) in [5.41, 5.74) is 0. The molecule has 1 fully saturated rings. The Morgan fingerprint density at radius 1 is 1.59 bits per heavy atom. The minimum Gasteiger partial charge on any atom is -0.479 e. The molecule has 0 aromatic carbocycles. The van der Waals surface area contributed by atoms with E-state index in [-0.39, 0.29) is 19.1 Å². The molecule has 0 bridgehead atoms. The van der Waals surface area contributed by atoms with Gasteiger partial charge in [-0.3, -0.25) is 4.79 Å². The molecule has 1 N–H and O–H groups in total. The van der Waals surface area contributed by atoms with E-state index >= 15 is 0 Å². The summed E-state index contributed by atoms with van der Waals surface area (Å²) in [5, 5.41) is 10.8. The first-order valence-corrected chi connectivity index (χ1v) is 6.19. The standard InChI is InChI=1S/C11H13NO4S/c13-10(6-8-2-1-5-17-8)12-3-4-16-9(7-12)11(14)15/h1-2,5,9H,3-4,6-7H2,(H,14,15)/t9-/m0/s1. The maximum atomic E-state index is 11.9. The van der Waals surface area contributed by atoms with Crippen LogP contribution in [0.15, 0.2) is 17.5 Å². The molecule has 0 saturated carbocycles. The number of carboxylic acid groups (broad SMARTS) is 1. The third-order valence-electron chi connectivity index (χ3n) is 2.60. The van der Waals surface area contributed by atoms with E-state index in [1.165, 1.54) is 11.3 Å². The van der Waals surface area contributed by atoms with Crippen molar-refractivity contribution in [2.75, 3.05) is 19.7 Å². The number of hydrogen-bond acceptors (Lipinski definition) is 4. The van der Waals surface area contributed by atoms with Gasteiger partial charge in [0.15, 0.2) is 6.10 Å². The van der Waals surface area contributed by atoms with Crippen molar-refractivity contribution in [3.05, 3.63) is 22.4 Å². The summed E-state index contributed by atoms with van der Waals surface area (Å²) in [5.74, 6) is -1.05. The molecule has 1 amide bonds. The molecule has 0 unspecified atom stereocenters. The van der Waals surface area contributed by atoms with E-state index in [0.717, 1.165) is 4.88 Å². The van der Waals surface area contributed by atoms with Crippen molar-refractivity contribution in [1.29, 1.82) is 0 Å². The van der Waals surface area contributed by atoms with E-state index in [1.807, 2.05) is 17.5 Å². The number of nitrogens with zero attached hydrogens (tertiary/aromatic N) is 1. The highest BCUT2D eigenvalue weighted by molar-refractivity contribution is 7.10. The van der Waals surface area contributed by atoms with Crippen LogP contribution >= 0.6 is 11.3 Å². The number of rotatable bonds is 3. The third-order valence-corrected chi connectivity index (χ3v) is 3.48. The number of ether oxygens (including phenoxy) is 1. The lowest BCUT2D eigenvalue weighted by Gasteiger charge is -2.30. The number of carbonyl (C=O) groups is 2. The van der Waals surface area contributed by atoms with Crippen LogP contribution in [0, 0.1) is 0 Å². The third kappa shape index (κ3) is 3.04. The van der Waals surface area contributed by atoms with E-state index in [1.54, 1.807) is 4.90 Å². The van der Waals surface area contributed by atoms with E-state index in [2.05, 4.69) is 0 Å². The second-order valence-electron chi connectivity index (χ2n) is 3.79. The number of carboxylic acids is 1. The normalized spacial score (nSPS) is 20.2. The Labute approximate surface area is 103 Å². The van der Waals surface area contributed by atoms with Gasteiger partial charge in [-0.25, -0.2) is 4.79 Å². The molecule has 0 aliphatic carbocycles. The molecule has 1 atom stereocenters. The van der Waals surface area contributed by atoms with Gasteiger partial charge < -0.3 is 14.7 Å². The molecular weight excluding hydrogens is 242 g/mol. The first kappa shape index (κ1) is 12.1. The first-order chi connectivity index (χ1) is 8.16. The van der Waals surface area contributed by atoms with Gasteiger partial charge in [0.2, 0.25) is 5.91 Å². The Hall–Kier alpha value is -1.40. The number of amides is 1.